The molecule has 1 aliphatic carbocycles. The first kappa shape index (κ1) is 37.0. The second kappa shape index (κ2) is 16.8. The highest BCUT2D eigenvalue weighted by atomic mass is 16.5. The van der Waals surface area contributed by atoms with Gasteiger partial charge >= 0.3 is 0 Å². The van der Waals surface area contributed by atoms with E-state index in [2.05, 4.69) is 105 Å². The van der Waals surface area contributed by atoms with Gasteiger partial charge in [0, 0.05) is 49.8 Å². The van der Waals surface area contributed by atoms with Crippen LogP contribution in [0.5, 0.6) is 11.5 Å². The fourth-order valence-corrected chi connectivity index (χ4v) is 9.43. The van der Waals surface area contributed by atoms with Gasteiger partial charge in [-0.3, -0.25) is 14.9 Å². The number of ether oxygens (including phenoxy) is 1. The van der Waals surface area contributed by atoms with Crippen molar-refractivity contribution in [2.75, 3.05) is 45.9 Å². The molecule has 0 radical (unpaired) electrons. The number of piperidine rings is 1. The highest BCUT2D eigenvalue weighted by Crippen LogP contribution is 2.47. The summed E-state index contributed by atoms with van der Waals surface area (Å²) in [5, 5.41) is 12.7. The molecule has 2 fully saturated rings. The molecule has 4 aromatic rings. The van der Waals surface area contributed by atoms with E-state index in [0.29, 0.717) is 37.7 Å². The van der Waals surface area contributed by atoms with Crippen molar-refractivity contribution in [1.82, 2.24) is 20.0 Å². The number of carbonyl (C=O) groups is 2. The molecule has 8 rings (SSSR count). The molecule has 2 N–H and O–H groups in total. The van der Waals surface area contributed by atoms with E-state index in [1.165, 1.54) is 39.8 Å². The number of rotatable bonds is 12. The summed E-state index contributed by atoms with van der Waals surface area (Å²) >= 11 is 0. The first-order chi connectivity index (χ1) is 26.9. The van der Waals surface area contributed by atoms with Crippen molar-refractivity contribution in [3.63, 3.8) is 0 Å². The standard InChI is InChI=1S/C47H54N4O4/c1-33-41-18-11-34(30-38(41)32-51(33)44-21-22-45(53)48-47(44)54)8-5-23-49-24-6-25-50(28-27-49)26-7-29-55-40-16-12-36(13-17-40)46-42(35-9-3-2-4-10-35)19-14-37-31-39(52)15-20-43(37)46/h2-4,9-13,15-18,20,30-31,42,44,46,52H,1,5-8,14,19,21-29,32H2,(H,48,53,54)/t42-,44?,46+/m1/s1. The lowest BCUT2D eigenvalue weighted by Crippen LogP contribution is -2.50. The van der Waals surface area contributed by atoms with Crippen LogP contribution in [0.2, 0.25) is 0 Å². The Morgan fingerprint density at radius 3 is 2.35 bits per heavy atom. The predicted octanol–water partition coefficient (Wildman–Crippen LogP) is 7.26. The number of hydrogen-bond acceptors (Lipinski definition) is 7. The zero-order valence-electron chi connectivity index (χ0n) is 31.9. The fraction of sp³-hybridized carbons (Fsp3) is 0.404. The Labute approximate surface area is 325 Å². The number of hydrogen-bond donors (Lipinski definition) is 2. The van der Waals surface area contributed by atoms with Crippen LogP contribution >= 0.6 is 0 Å². The van der Waals surface area contributed by atoms with E-state index in [0.717, 1.165) is 88.4 Å². The highest BCUT2D eigenvalue weighted by Gasteiger charge is 2.36. The second-order valence-corrected chi connectivity index (χ2v) is 15.9. The van der Waals surface area contributed by atoms with Gasteiger partial charge in [-0.05, 0) is 128 Å². The molecule has 0 aromatic heterocycles. The lowest BCUT2D eigenvalue weighted by molar-refractivity contribution is -0.136. The summed E-state index contributed by atoms with van der Waals surface area (Å²) in [6.45, 7) is 12.3. The molecule has 2 saturated heterocycles. The number of fused-ring (bicyclic) bond motifs is 2. The van der Waals surface area contributed by atoms with Crippen molar-refractivity contribution in [1.29, 1.82) is 0 Å². The SMILES string of the molecule is C=C1c2ccc(CCCN3CCCN(CCCOc4ccc([C@@H]5c6ccc(O)cc6CC[C@@H]5c5ccccc5)cc4)CC3)cc2CN1C1CCC(=O)NC1=O. The summed E-state index contributed by atoms with van der Waals surface area (Å²) in [7, 11) is 0. The van der Waals surface area contributed by atoms with Crippen molar-refractivity contribution >= 4 is 17.5 Å². The van der Waals surface area contributed by atoms with Crippen molar-refractivity contribution in [2.24, 2.45) is 0 Å². The normalized spacial score (nSPS) is 21.9. The predicted molar refractivity (Wildman–Crippen MR) is 217 cm³/mol. The molecule has 4 aliphatic rings. The number of nitrogens with zero attached hydrogens (tertiary/aromatic N) is 3. The van der Waals surface area contributed by atoms with Crippen LogP contribution in [0, 0.1) is 0 Å². The molecule has 0 bridgehead atoms. The minimum absolute atomic E-state index is 0.185. The van der Waals surface area contributed by atoms with Crippen LogP contribution in [0.15, 0.2) is 97.6 Å². The average molecular weight is 739 g/mol. The maximum absolute atomic E-state index is 12.5. The molecule has 3 heterocycles. The number of aryl methyl sites for hydroxylation is 2. The molecule has 8 nitrogen and oxygen atoms in total. The van der Waals surface area contributed by atoms with Gasteiger partial charge in [0.15, 0.2) is 0 Å². The summed E-state index contributed by atoms with van der Waals surface area (Å²) < 4.78 is 6.25. The lowest BCUT2D eigenvalue weighted by atomic mass is 9.69. The number of amides is 2. The molecule has 4 aromatic carbocycles. The number of imide groups is 1. The maximum Gasteiger partial charge on any atom is 0.249 e. The van der Waals surface area contributed by atoms with E-state index < -0.39 is 0 Å². The van der Waals surface area contributed by atoms with Gasteiger partial charge in [0.1, 0.15) is 17.5 Å². The van der Waals surface area contributed by atoms with Gasteiger partial charge < -0.3 is 24.5 Å². The van der Waals surface area contributed by atoms with E-state index in [4.69, 9.17) is 4.74 Å². The summed E-state index contributed by atoms with van der Waals surface area (Å²) in [4.78, 5) is 31.4. The van der Waals surface area contributed by atoms with Crippen LogP contribution in [-0.2, 0) is 29.0 Å². The molecule has 8 heteroatoms. The van der Waals surface area contributed by atoms with Crippen molar-refractivity contribution in [2.45, 2.75) is 75.8 Å². The number of benzene rings is 4. The average Bonchev–Trinajstić information content (AvgIpc) is 3.35. The molecule has 2 amide bonds. The van der Waals surface area contributed by atoms with Crippen LogP contribution in [0.1, 0.15) is 89.3 Å². The minimum Gasteiger partial charge on any atom is -0.508 e. The van der Waals surface area contributed by atoms with Crippen molar-refractivity contribution in [3.05, 3.63) is 137 Å². The van der Waals surface area contributed by atoms with E-state index >= 15 is 0 Å². The Morgan fingerprint density at radius 1 is 0.782 bits per heavy atom. The molecular weight excluding hydrogens is 685 g/mol. The Bertz CT molecular complexity index is 2000. The third-order valence-electron chi connectivity index (χ3n) is 12.3. The zero-order chi connectivity index (χ0) is 37.7. The van der Waals surface area contributed by atoms with Gasteiger partial charge in [-0.2, -0.15) is 0 Å². The van der Waals surface area contributed by atoms with E-state index in [9.17, 15) is 14.7 Å². The summed E-state index contributed by atoms with van der Waals surface area (Å²) in [5.74, 6) is 1.50. The van der Waals surface area contributed by atoms with Crippen LogP contribution < -0.4 is 10.1 Å². The number of carbonyl (C=O) groups excluding carboxylic acids is 2. The van der Waals surface area contributed by atoms with E-state index in [-0.39, 0.29) is 23.8 Å². The van der Waals surface area contributed by atoms with Crippen LogP contribution in [0.3, 0.4) is 0 Å². The largest absolute Gasteiger partial charge is 0.508 e. The molecule has 55 heavy (non-hydrogen) atoms. The zero-order valence-corrected chi connectivity index (χ0v) is 31.9. The van der Waals surface area contributed by atoms with Gasteiger partial charge in [0.2, 0.25) is 11.8 Å². The summed E-state index contributed by atoms with van der Waals surface area (Å²) in [5.41, 5.74) is 9.78. The Balaban J connectivity index is 0.770. The molecule has 0 saturated carbocycles. The van der Waals surface area contributed by atoms with Crippen molar-refractivity contribution in [3.8, 4) is 11.5 Å². The van der Waals surface area contributed by atoms with Crippen LogP contribution in [0.25, 0.3) is 5.70 Å². The van der Waals surface area contributed by atoms with Gasteiger partial charge in [-0.15, -0.1) is 0 Å². The number of phenolic OH excluding ortho intramolecular Hbond substituents is 1. The van der Waals surface area contributed by atoms with Gasteiger partial charge in [0.25, 0.3) is 0 Å². The Morgan fingerprint density at radius 2 is 1.56 bits per heavy atom. The number of aromatic hydroxyl groups is 1. The smallest absolute Gasteiger partial charge is 0.249 e. The number of nitrogens with one attached hydrogen (secondary N) is 1. The monoisotopic (exact) mass is 738 g/mol. The van der Waals surface area contributed by atoms with Gasteiger partial charge in [-0.25, -0.2) is 0 Å². The molecular formula is C47H54N4O4. The lowest BCUT2D eigenvalue weighted by Gasteiger charge is -2.34. The maximum atomic E-state index is 12.5. The van der Waals surface area contributed by atoms with E-state index in [1.54, 1.807) is 0 Å². The van der Waals surface area contributed by atoms with Crippen LogP contribution in [-0.4, -0.2) is 83.5 Å². The molecule has 3 atom stereocenters. The van der Waals surface area contributed by atoms with Gasteiger partial charge in [0.05, 0.1) is 6.61 Å². The molecule has 3 aliphatic heterocycles. The Hall–Kier alpha value is -4.92. The highest BCUT2D eigenvalue weighted by molar-refractivity contribution is 6.01. The molecule has 286 valence electrons. The Kier molecular flexibility index (Phi) is 11.3. The first-order valence-electron chi connectivity index (χ1n) is 20.4. The van der Waals surface area contributed by atoms with Gasteiger partial charge in [-0.1, -0.05) is 73.3 Å². The first-order valence-corrected chi connectivity index (χ1v) is 20.4. The van der Waals surface area contributed by atoms with Crippen molar-refractivity contribution < 1.29 is 19.4 Å². The summed E-state index contributed by atoms with van der Waals surface area (Å²) in [6.07, 6.45) is 7.29. The second-order valence-electron chi connectivity index (χ2n) is 15.9. The third-order valence-corrected chi connectivity index (χ3v) is 12.3. The number of phenols is 1. The van der Waals surface area contributed by atoms with Crippen LogP contribution in [0.4, 0.5) is 0 Å². The summed E-state index contributed by atoms with van der Waals surface area (Å²) in [6, 6.07) is 31.8. The quantitative estimate of drug-likeness (QED) is 0.117. The fourth-order valence-electron chi connectivity index (χ4n) is 9.43. The van der Waals surface area contributed by atoms with E-state index in [1.807, 2.05) is 12.1 Å². The minimum atomic E-state index is -0.327. The topological polar surface area (TPSA) is 85.3 Å². The third kappa shape index (κ3) is 8.51. The molecule has 0 spiro atoms. The molecule has 1 unspecified atom stereocenters.